The number of ether oxygens (including phenoxy) is 3. The van der Waals surface area contributed by atoms with Gasteiger partial charge in [0.15, 0.2) is 0 Å². The first kappa shape index (κ1) is 34.4. The van der Waals surface area contributed by atoms with Crippen LogP contribution in [0.1, 0.15) is 80.9 Å². The van der Waals surface area contributed by atoms with Crippen LogP contribution in [0.3, 0.4) is 0 Å². The predicted octanol–water partition coefficient (Wildman–Crippen LogP) is 9.08. The van der Waals surface area contributed by atoms with Gasteiger partial charge in [0.25, 0.3) is 0 Å². The molecule has 0 aliphatic heterocycles. The number of halogens is 2. The molecule has 222 valence electrons. The second kappa shape index (κ2) is 18.6. The number of methoxy groups -OCH3 is 2. The molecule has 3 aromatic carbocycles. The fourth-order valence-corrected chi connectivity index (χ4v) is 5.35. The van der Waals surface area contributed by atoms with E-state index < -0.39 is 0 Å². The Bertz CT molecular complexity index is 1230. The topological polar surface area (TPSA) is 82.1 Å². The van der Waals surface area contributed by atoms with Crippen molar-refractivity contribution < 1.29 is 28.9 Å². The van der Waals surface area contributed by atoms with Crippen LogP contribution in [-0.2, 0) is 25.7 Å². The van der Waals surface area contributed by atoms with Crippen molar-refractivity contribution in [2.75, 3.05) is 14.2 Å². The van der Waals surface area contributed by atoms with Crippen LogP contribution >= 0.6 is 31.9 Å². The van der Waals surface area contributed by atoms with Crippen LogP contribution in [0.15, 0.2) is 75.7 Å². The van der Waals surface area contributed by atoms with E-state index in [1.165, 1.54) is 14.2 Å². The molecule has 0 unspecified atom stereocenters. The molecule has 0 fully saturated rings. The first-order valence-electron chi connectivity index (χ1n) is 13.8. The second-order valence-corrected chi connectivity index (χ2v) is 11.4. The molecule has 0 aromatic heterocycles. The summed E-state index contributed by atoms with van der Waals surface area (Å²) in [6.07, 6.45) is 4.67. The van der Waals surface area contributed by atoms with Crippen LogP contribution in [0.5, 0.6) is 11.5 Å². The molecule has 0 aliphatic carbocycles. The third kappa shape index (κ3) is 11.9. The van der Waals surface area contributed by atoms with Gasteiger partial charge in [-0.1, -0.05) is 69.2 Å². The van der Waals surface area contributed by atoms with Crippen molar-refractivity contribution in [1.29, 1.82) is 0 Å². The van der Waals surface area contributed by atoms with E-state index in [1.54, 1.807) is 6.07 Å². The van der Waals surface area contributed by atoms with Gasteiger partial charge in [0.1, 0.15) is 18.1 Å². The Balaban J connectivity index is 0.000000305. The van der Waals surface area contributed by atoms with Gasteiger partial charge in [0.05, 0.1) is 36.0 Å². The van der Waals surface area contributed by atoms with E-state index >= 15 is 0 Å². The quantitative estimate of drug-likeness (QED) is 0.180. The van der Waals surface area contributed by atoms with E-state index in [9.17, 15) is 14.7 Å². The molecule has 0 heterocycles. The molecular weight excluding hydrogens is 652 g/mol. The van der Waals surface area contributed by atoms with Crippen LogP contribution in [0.25, 0.3) is 0 Å². The number of carbonyl (C=O) groups is 2. The molecule has 1 N–H and O–H groups in total. The van der Waals surface area contributed by atoms with Crippen LogP contribution in [0.2, 0.25) is 0 Å². The summed E-state index contributed by atoms with van der Waals surface area (Å²) in [7, 11) is 2.83. The van der Waals surface area contributed by atoms with Crippen LogP contribution in [-0.4, -0.2) is 31.3 Å². The van der Waals surface area contributed by atoms with E-state index in [0.717, 1.165) is 52.6 Å². The molecule has 0 saturated heterocycles. The van der Waals surface area contributed by atoms with E-state index in [-0.39, 0.29) is 29.5 Å². The predicted molar refractivity (Wildman–Crippen MR) is 169 cm³/mol. The summed E-state index contributed by atoms with van der Waals surface area (Å²) >= 11 is 6.86. The summed E-state index contributed by atoms with van der Waals surface area (Å²) < 4.78 is 17.0. The minimum atomic E-state index is -0.201. The fourth-order valence-electron chi connectivity index (χ4n) is 4.44. The van der Waals surface area contributed by atoms with Gasteiger partial charge in [-0.15, -0.1) is 0 Å². The van der Waals surface area contributed by atoms with Gasteiger partial charge in [-0.25, -0.2) is 0 Å². The highest BCUT2D eigenvalue weighted by Gasteiger charge is 2.18. The van der Waals surface area contributed by atoms with Crippen molar-refractivity contribution in [2.45, 2.75) is 70.8 Å². The van der Waals surface area contributed by atoms with Crippen molar-refractivity contribution in [2.24, 2.45) is 0 Å². The van der Waals surface area contributed by atoms with Crippen LogP contribution in [0.4, 0.5) is 0 Å². The standard InChI is InChI=1S/C20H23BrO3.C13H17BrO3/c1-3-7-16(13-20(22)23-2)17-10-11-19(18(21)12-17)24-14-15-8-5-4-6-9-15;1-3-4-9(8-13(16)17-2)10-5-6-12(15)11(14)7-10/h4-6,8-12,16H,3,7,13-14H2,1-2H3;5-7,9,15H,3-4,8H2,1-2H3/t16-;9-/m11/s1. The Kier molecular flexibility index (Phi) is 15.6. The maximum absolute atomic E-state index is 11.6. The molecule has 6 nitrogen and oxygen atoms in total. The fraction of sp³-hybridized carbons (Fsp3) is 0.394. The molecule has 3 rings (SSSR count). The Labute approximate surface area is 260 Å². The monoisotopic (exact) mass is 690 g/mol. The molecule has 0 bridgehead atoms. The summed E-state index contributed by atoms with van der Waals surface area (Å²) in [5, 5.41) is 9.44. The summed E-state index contributed by atoms with van der Waals surface area (Å²) in [4.78, 5) is 23.0. The highest BCUT2D eigenvalue weighted by atomic mass is 79.9. The molecule has 8 heteroatoms. The largest absolute Gasteiger partial charge is 0.507 e. The summed E-state index contributed by atoms with van der Waals surface area (Å²) in [5.41, 5.74) is 3.30. The molecule has 0 saturated carbocycles. The number of aromatic hydroxyl groups is 1. The molecule has 0 aliphatic rings. The molecule has 0 spiro atoms. The zero-order valence-electron chi connectivity index (χ0n) is 24.2. The molecule has 41 heavy (non-hydrogen) atoms. The van der Waals surface area contributed by atoms with E-state index in [0.29, 0.717) is 23.9 Å². The maximum Gasteiger partial charge on any atom is 0.306 e. The number of phenols is 1. The number of hydrogen-bond acceptors (Lipinski definition) is 6. The molecule has 0 radical (unpaired) electrons. The van der Waals surface area contributed by atoms with Gasteiger partial charge in [0, 0.05) is 0 Å². The zero-order valence-corrected chi connectivity index (χ0v) is 27.4. The SMILES string of the molecule is CCC[C@H](CC(=O)OC)c1ccc(O)c(Br)c1.CCC[C@H](CC(=O)OC)c1ccc(OCc2ccccc2)c(Br)c1. The Morgan fingerprint density at radius 3 is 1.73 bits per heavy atom. The van der Waals surface area contributed by atoms with E-state index in [2.05, 4.69) is 45.7 Å². The van der Waals surface area contributed by atoms with Crippen molar-refractivity contribution in [3.05, 3.63) is 92.4 Å². The second-order valence-electron chi connectivity index (χ2n) is 9.71. The molecular formula is C33H40Br2O6. The Hall–Kier alpha value is -2.84. The van der Waals surface area contributed by atoms with Crippen molar-refractivity contribution >= 4 is 43.8 Å². The summed E-state index contributed by atoms with van der Waals surface area (Å²) in [5.74, 6) is 0.950. The normalized spacial score (nSPS) is 12.0. The minimum absolute atomic E-state index is 0.143. The van der Waals surface area contributed by atoms with Gasteiger partial charge in [-0.2, -0.15) is 0 Å². The lowest BCUT2D eigenvalue weighted by Crippen LogP contribution is -2.09. The molecule has 0 amide bonds. The Morgan fingerprint density at radius 1 is 0.756 bits per heavy atom. The van der Waals surface area contributed by atoms with E-state index in [4.69, 9.17) is 14.2 Å². The first-order chi connectivity index (χ1) is 19.7. The minimum Gasteiger partial charge on any atom is -0.507 e. The number of phenolic OH excluding ortho intramolecular Hbond substituents is 1. The van der Waals surface area contributed by atoms with Crippen molar-refractivity contribution in [3.8, 4) is 11.5 Å². The zero-order chi connectivity index (χ0) is 30.2. The van der Waals surface area contributed by atoms with Gasteiger partial charge >= 0.3 is 11.9 Å². The smallest absolute Gasteiger partial charge is 0.306 e. The molecule has 2 atom stereocenters. The number of esters is 2. The lowest BCUT2D eigenvalue weighted by molar-refractivity contribution is -0.142. The third-order valence-corrected chi connectivity index (χ3v) is 7.92. The van der Waals surface area contributed by atoms with Gasteiger partial charge in [-0.05, 0) is 97.5 Å². The number of carbonyl (C=O) groups excluding carboxylic acids is 2. The molecule has 3 aromatic rings. The lowest BCUT2D eigenvalue weighted by Gasteiger charge is -2.17. The average Bonchev–Trinajstić information content (AvgIpc) is 2.98. The van der Waals surface area contributed by atoms with Crippen LogP contribution < -0.4 is 4.74 Å². The van der Waals surface area contributed by atoms with E-state index in [1.807, 2.05) is 60.7 Å². The number of benzene rings is 3. The third-order valence-electron chi connectivity index (χ3n) is 6.66. The first-order valence-corrected chi connectivity index (χ1v) is 15.4. The van der Waals surface area contributed by atoms with Gasteiger partial charge in [-0.3, -0.25) is 9.59 Å². The van der Waals surface area contributed by atoms with Crippen LogP contribution in [0, 0.1) is 0 Å². The van der Waals surface area contributed by atoms with Crippen molar-refractivity contribution in [3.63, 3.8) is 0 Å². The lowest BCUT2D eigenvalue weighted by atomic mass is 9.91. The maximum atomic E-state index is 11.6. The highest BCUT2D eigenvalue weighted by Crippen LogP contribution is 2.34. The highest BCUT2D eigenvalue weighted by molar-refractivity contribution is 9.10. The van der Waals surface area contributed by atoms with Gasteiger partial charge < -0.3 is 19.3 Å². The Morgan fingerprint density at radius 2 is 1.27 bits per heavy atom. The summed E-state index contributed by atoms with van der Waals surface area (Å²) in [6.45, 7) is 4.73. The number of hydrogen-bond donors (Lipinski definition) is 1. The van der Waals surface area contributed by atoms with Gasteiger partial charge in [0.2, 0.25) is 0 Å². The average molecular weight is 692 g/mol. The summed E-state index contributed by atoms with van der Waals surface area (Å²) in [6, 6.07) is 21.5. The number of rotatable bonds is 13. The van der Waals surface area contributed by atoms with Crippen molar-refractivity contribution in [1.82, 2.24) is 0 Å².